The van der Waals surface area contributed by atoms with Crippen molar-refractivity contribution in [1.29, 1.82) is 5.26 Å². The maximum Gasteiger partial charge on any atom is 0.256 e. The van der Waals surface area contributed by atoms with E-state index in [4.69, 9.17) is 4.42 Å². The van der Waals surface area contributed by atoms with E-state index in [0.29, 0.717) is 23.8 Å². The van der Waals surface area contributed by atoms with Gasteiger partial charge in [-0.1, -0.05) is 30.7 Å². The number of nitriles is 1. The molecule has 0 saturated carbocycles. The molecule has 6 nitrogen and oxygen atoms in total. The average Bonchev–Trinajstić information content (AvgIpc) is 3.41. The van der Waals surface area contributed by atoms with Crippen molar-refractivity contribution in [3.8, 4) is 12.0 Å². The molecule has 0 atom stereocenters. The van der Waals surface area contributed by atoms with Gasteiger partial charge in [-0.2, -0.15) is 5.26 Å². The quantitative estimate of drug-likeness (QED) is 0.672. The van der Waals surface area contributed by atoms with Crippen LogP contribution in [0.25, 0.3) is 5.88 Å². The number of amides is 1. The van der Waals surface area contributed by atoms with E-state index in [0.717, 1.165) is 25.2 Å². The first-order chi connectivity index (χ1) is 14.7. The Morgan fingerprint density at radius 3 is 2.50 bits per heavy atom. The van der Waals surface area contributed by atoms with Gasteiger partial charge in [0.25, 0.3) is 5.91 Å². The third-order valence-corrected chi connectivity index (χ3v) is 5.64. The normalized spacial score (nSPS) is 14.4. The minimum absolute atomic E-state index is 0.253. The molecule has 1 N–H and O–H groups in total. The summed E-state index contributed by atoms with van der Waals surface area (Å²) >= 11 is 0. The highest BCUT2D eigenvalue weighted by molar-refractivity contribution is 5.98. The lowest BCUT2D eigenvalue weighted by atomic mass is 10.0. The Kier molecular flexibility index (Phi) is 6.01. The number of benzene rings is 1. The Bertz CT molecular complexity index is 1050. The summed E-state index contributed by atoms with van der Waals surface area (Å²) in [5.74, 6) is 0.518. The van der Waals surface area contributed by atoms with Gasteiger partial charge >= 0.3 is 0 Å². The molecule has 1 fully saturated rings. The second-order valence-electron chi connectivity index (χ2n) is 7.70. The lowest BCUT2D eigenvalue weighted by Crippen LogP contribution is -2.30. The molecule has 2 aromatic heterocycles. The molecule has 1 aromatic carbocycles. The van der Waals surface area contributed by atoms with Gasteiger partial charge in [0, 0.05) is 25.5 Å². The van der Waals surface area contributed by atoms with Crippen LogP contribution in [0.1, 0.15) is 52.1 Å². The number of piperidine rings is 1. The Labute approximate surface area is 176 Å². The molecule has 1 saturated heterocycles. The van der Waals surface area contributed by atoms with Crippen LogP contribution in [-0.2, 0) is 13.1 Å². The standard InChI is InChI=1S/C24H26N4O2/c1-18-22(21(15-25)24(30-18)28-13-7-8-14-28)23(29)26-16-19-9-3-4-10-20(19)17-27-11-5-2-6-12-27/h3-4,7-10,13-14H,2,5-6,11-12,16-17H2,1H3,(H,26,29). The highest BCUT2D eigenvalue weighted by Crippen LogP contribution is 2.25. The summed E-state index contributed by atoms with van der Waals surface area (Å²) in [6.45, 7) is 5.29. The molecule has 0 aliphatic carbocycles. The van der Waals surface area contributed by atoms with Crippen molar-refractivity contribution in [3.63, 3.8) is 0 Å². The van der Waals surface area contributed by atoms with Gasteiger partial charge in [0.05, 0.1) is 0 Å². The zero-order valence-electron chi connectivity index (χ0n) is 17.2. The van der Waals surface area contributed by atoms with Gasteiger partial charge in [0.2, 0.25) is 5.88 Å². The fourth-order valence-corrected chi connectivity index (χ4v) is 4.07. The third kappa shape index (κ3) is 4.17. The highest BCUT2D eigenvalue weighted by Gasteiger charge is 2.24. The zero-order chi connectivity index (χ0) is 20.9. The smallest absolute Gasteiger partial charge is 0.256 e. The Morgan fingerprint density at radius 2 is 1.80 bits per heavy atom. The molecule has 154 valence electrons. The van der Waals surface area contributed by atoms with E-state index in [1.165, 1.54) is 24.8 Å². The van der Waals surface area contributed by atoms with Gasteiger partial charge in [0.15, 0.2) is 0 Å². The summed E-state index contributed by atoms with van der Waals surface area (Å²) in [6, 6.07) is 14.0. The van der Waals surface area contributed by atoms with Gasteiger partial charge in [-0.05, 0) is 56.1 Å². The molecule has 30 heavy (non-hydrogen) atoms. The third-order valence-electron chi connectivity index (χ3n) is 5.64. The predicted octanol–water partition coefficient (Wildman–Crippen LogP) is 4.17. The molecule has 0 bridgehead atoms. The maximum absolute atomic E-state index is 13.0. The van der Waals surface area contributed by atoms with Crippen molar-refractivity contribution in [3.05, 3.63) is 76.8 Å². The molecule has 0 unspecified atom stereocenters. The Morgan fingerprint density at radius 1 is 1.10 bits per heavy atom. The van der Waals surface area contributed by atoms with E-state index in [2.05, 4.69) is 28.4 Å². The van der Waals surface area contributed by atoms with Crippen LogP contribution in [0.3, 0.4) is 0 Å². The van der Waals surface area contributed by atoms with Gasteiger partial charge in [0.1, 0.15) is 23.0 Å². The number of aromatic nitrogens is 1. The zero-order valence-corrected chi connectivity index (χ0v) is 17.2. The number of hydrogen-bond donors (Lipinski definition) is 1. The number of likely N-dealkylation sites (tertiary alicyclic amines) is 1. The molecule has 0 radical (unpaired) electrons. The number of aryl methyl sites for hydroxylation is 1. The molecule has 1 aliphatic heterocycles. The summed E-state index contributed by atoms with van der Waals surface area (Å²) in [5.41, 5.74) is 2.89. The first-order valence-electron chi connectivity index (χ1n) is 10.4. The molecule has 3 aromatic rings. The van der Waals surface area contributed by atoms with Gasteiger partial charge in [-0.3, -0.25) is 14.3 Å². The van der Waals surface area contributed by atoms with Crippen LogP contribution < -0.4 is 5.32 Å². The van der Waals surface area contributed by atoms with Gasteiger partial charge in [-0.15, -0.1) is 0 Å². The van der Waals surface area contributed by atoms with Crippen molar-refractivity contribution in [2.24, 2.45) is 0 Å². The molecule has 3 heterocycles. The maximum atomic E-state index is 13.0. The second kappa shape index (κ2) is 9.02. The SMILES string of the molecule is Cc1oc(-n2cccc2)c(C#N)c1C(=O)NCc1ccccc1CN1CCCCC1. The van der Waals surface area contributed by atoms with E-state index >= 15 is 0 Å². The Balaban J connectivity index is 1.50. The summed E-state index contributed by atoms with van der Waals surface area (Å²) in [6.07, 6.45) is 7.39. The summed E-state index contributed by atoms with van der Waals surface area (Å²) in [5, 5.41) is 12.7. The van der Waals surface area contributed by atoms with E-state index in [1.54, 1.807) is 23.9 Å². The fraction of sp³-hybridized carbons (Fsp3) is 0.333. The number of carbonyl (C=O) groups is 1. The molecule has 0 spiro atoms. The topological polar surface area (TPSA) is 74.2 Å². The van der Waals surface area contributed by atoms with Crippen molar-refractivity contribution in [2.45, 2.75) is 39.3 Å². The Hall–Kier alpha value is -3.30. The van der Waals surface area contributed by atoms with Crippen molar-refractivity contribution in [1.82, 2.24) is 14.8 Å². The summed E-state index contributed by atoms with van der Waals surface area (Å²) in [7, 11) is 0. The number of rotatable bonds is 6. The van der Waals surface area contributed by atoms with E-state index in [1.807, 2.05) is 24.3 Å². The fourth-order valence-electron chi connectivity index (χ4n) is 4.07. The number of nitrogens with one attached hydrogen (secondary N) is 1. The molecule has 1 aliphatic rings. The van der Waals surface area contributed by atoms with Crippen LogP contribution in [0, 0.1) is 18.3 Å². The van der Waals surface area contributed by atoms with E-state index < -0.39 is 0 Å². The lowest BCUT2D eigenvalue weighted by Gasteiger charge is -2.27. The minimum atomic E-state index is -0.293. The predicted molar refractivity (Wildman–Crippen MR) is 114 cm³/mol. The number of nitrogens with zero attached hydrogens (tertiary/aromatic N) is 3. The first kappa shape index (κ1) is 20.0. The van der Waals surface area contributed by atoms with E-state index in [9.17, 15) is 10.1 Å². The van der Waals surface area contributed by atoms with Crippen LogP contribution >= 0.6 is 0 Å². The molecule has 4 rings (SSSR count). The monoisotopic (exact) mass is 402 g/mol. The van der Waals surface area contributed by atoms with E-state index in [-0.39, 0.29) is 11.5 Å². The molecule has 6 heteroatoms. The highest BCUT2D eigenvalue weighted by atomic mass is 16.4. The van der Waals surface area contributed by atoms with Crippen molar-refractivity contribution < 1.29 is 9.21 Å². The largest absolute Gasteiger partial charge is 0.443 e. The minimum Gasteiger partial charge on any atom is -0.443 e. The van der Waals surface area contributed by atoms with Crippen LogP contribution in [0.2, 0.25) is 0 Å². The number of hydrogen-bond acceptors (Lipinski definition) is 4. The number of carbonyl (C=O) groups excluding carboxylic acids is 1. The first-order valence-corrected chi connectivity index (χ1v) is 10.4. The lowest BCUT2D eigenvalue weighted by molar-refractivity contribution is 0.0949. The van der Waals surface area contributed by atoms with Crippen LogP contribution in [0.5, 0.6) is 0 Å². The average molecular weight is 402 g/mol. The molecular formula is C24H26N4O2. The van der Waals surface area contributed by atoms with Crippen LogP contribution in [0.15, 0.2) is 53.2 Å². The summed E-state index contributed by atoms with van der Waals surface area (Å²) in [4.78, 5) is 15.4. The van der Waals surface area contributed by atoms with Crippen LogP contribution in [0.4, 0.5) is 0 Å². The van der Waals surface area contributed by atoms with Gasteiger partial charge < -0.3 is 9.73 Å². The second-order valence-corrected chi connectivity index (χ2v) is 7.70. The van der Waals surface area contributed by atoms with Gasteiger partial charge in [-0.25, -0.2) is 0 Å². The summed E-state index contributed by atoms with van der Waals surface area (Å²) < 4.78 is 7.46. The molecule has 1 amide bonds. The molecular weight excluding hydrogens is 376 g/mol. The van der Waals surface area contributed by atoms with Crippen molar-refractivity contribution in [2.75, 3.05) is 13.1 Å². The number of furan rings is 1. The van der Waals surface area contributed by atoms with Crippen molar-refractivity contribution >= 4 is 5.91 Å². The van der Waals surface area contributed by atoms with Crippen LogP contribution in [-0.4, -0.2) is 28.5 Å².